The number of hydrogen-bond donors (Lipinski definition) is 2. The van der Waals surface area contributed by atoms with E-state index < -0.39 is 39.6 Å². The fourth-order valence-electron chi connectivity index (χ4n) is 3.19. The molecule has 0 bridgehead atoms. The molecule has 1 aromatic heterocycles. The fraction of sp³-hybridized carbons (Fsp3) is 0.318. The van der Waals surface area contributed by atoms with Crippen molar-refractivity contribution >= 4 is 43.8 Å². The van der Waals surface area contributed by atoms with Crippen molar-refractivity contribution in [2.24, 2.45) is 5.73 Å². The van der Waals surface area contributed by atoms with Gasteiger partial charge in [0.25, 0.3) is 15.9 Å². The first kappa shape index (κ1) is 27.8. The van der Waals surface area contributed by atoms with E-state index in [4.69, 9.17) is 26.8 Å². The summed E-state index contributed by atoms with van der Waals surface area (Å²) in [7, 11) is -1.60. The standard InChI is InChI=1S/C22H24ClF3N4O4S2/c1-33-15-4-3-14(19(9-15)34-2)12-30(21-29-7-8-35-21)36(31,32)20-10-16(23)18(11-17(20)24)28-6-5-22(25,26)13-27/h3-4,7-11,28H,5-6,12-13,27H2,1-2H3. The highest BCUT2D eigenvalue weighted by atomic mass is 35.5. The second kappa shape index (κ2) is 11.5. The Balaban J connectivity index is 1.96. The van der Waals surface area contributed by atoms with E-state index in [1.165, 1.54) is 20.4 Å². The first-order valence-corrected chi connectivity index (χ1v) is 13.2. The highest BCUT2D eigenvalue weighted by molar-refractivity contribution is 7.93. The SMILES string of the molecule is COc1ccc(CN(c2nccs2)S(=O)(=O)c2cc(Cl)c(NCCC(F)(F)CN)cc2F)c(OC)c1. The molecular formula is C22H24ClF3N4O4S2. The lowest BCUT2D eigenvalue weighted by molar-refractivity contribution is 0.00573. The van der Waals surface area contributed by atoms with Gasteiger partial charge in [0, 0.05) is 36.2 Å². The van der Waals surface area contributed by atoms with Crippen LogP contribution in [0.15, 0.2) is 46.8 Å². The van der Waals surface area contributed by atoms with Crippen molar-refractivity contribution < 1.29 is 31.1 Å². The lowest BCUT2D eigenvalue weighted by Gasteiger charge is -2.24. The highest BCUT2D eigenvalue weighted by Gasteiger charge is 2.32. The number of anilines is 2. The van der Waals surface area contributed by atoms with Crippen molar-refractivity contribution in [2.45, 2.75) is 23.8 Å². The molecule has 0 saturated heterocycles. The van der Waals surface area contributed by atoms with Crippen LogP contribution in [0.25, 0.3) is 0 Å². The van der Waals surface area contributed by atoms with Crippen LogP contribution in [0.2, 0.25) is 5.02 Å². The van der Waals surface area contributed by atoms with Gasteiger partial charge in [0.15, 0.2) is 5.13 Å². The minimum absolute atomic E-state index is 0.0291. The highest BCUT2D eigenvalue weighted by Crippen LogP contribution is 2.35. The van der Waals surface area contributed by atoms with Gasteiger partial charge in [0.1, 0.15) is 22.2 Å². The van der Waals surface area contributed by atoms with Crippen molar-refractivity contribution in [3.8, 4) is 11.5 Å². The van der Waals surface area contributed by atoms with Gasteiger partial charge in [-0.2, -0.15) is 0 Å². The number of nitrogens with one attached hydrogen (secondary N) is 1. The zero-order chi connectivity index (χ0) is 26.5. The molecule has 196 valence electrons. The number of thiazole rings is 1. The summed E-state index contributed by atoms with van der Waals surface area (Å²) < 4.78 is 80.6. The molecule has 14 heteroatoms. The van der Waals surface area contributed by atoms with Crippen LogP contribution in [0, 0.1) is 5.82 Å². The third kappa shape index (κ3) is 6.33. The first-order valence-electron chi connectivity index (χ1n) is 10.5. The molecule has 0 spiro atoms. The van der Waals surface area contributed by atoms with Crippen molar-refractivity contribution in [2.75, 3.05) is 36.9 Å². The Morgan fingerprint density at radius 1 is 1.22 bits per heavy atom. The third-order valence-corrected chi connectivity index (χ3v) is 8.11. The molecule has 0 aliphatic carbocycles. The summed E-state index contributed by atoms with van der Waals surface area (Å²) in [4.78, 5) is 3.38. The van der Waals surface area contributed by atoms with Crippen LogP contribution >= 0.6 is 22.9 Å². The Bertz CT molecular complexity index is 1290. The third-order valence-electron chi connectivity index (χ3n) is 5.14. The normalized spacial score (nSPS) is 11.9. The van der Waals surface area contributed by atoms with E-state index in [-0.39, 0.29) is 28.9 Å². The monoisotopic (exact) mass is 564 g/mol. The Labute approximate surface area is 215 Å². The van der Waals surface area contributed by atoms with Gasteiger partial charge in [-0.05, 0) is 24.3 Å². The van der Waals surface area contributed by atoms with Crippen LogP contribution in [-0.4, -0.2) is 46.6 Å². The van der Waals surface area contributed by atoms with Crippen LogP contribution in [-0.2, 0) is 16.6 Å². The summed E-state index contributed by atoms with van der Waals surface area (Å²) >= 11 is 7.23. The number of rotatable bonds is 12. The first-order chi connectivity index (χ1) is 17.0. The topological polar surface area (TPSA) is 107 Å². The van der Waals surface area contributed by atoms with E-state index in [0.717, 1.165) is 27.8 Å². The number of nitrogens with two attached hydrogens (primary N) is 1. The molecule has 3 aromatic rings. The lowest BCUT2D eigenvalue weighted by atomic mass is 10.2. The molecule has 0 radical (unpaired) electrons. The molecule has 36 heavy (non-hydrogen) atoms. The minimum Gasteiger partial charge on any atom is -0.497 e. The summed E-state index contributed by atoms with van der Waals surface area (Å²) in [5, 5.41) is 4.10. The van der Waals surface area contributed by atoms with Crippen molar-refractivity contribution in [1.82, 2.24) is 4.98 Å². The van der Waals surface area contributed by atoms with Crippen molar-refractivity contribution in [1.29, 1.82) is 0 Å². The van der Waals surface area contributed by atoms with E-state index in [9.17, 15) is 17.2 Å². The summed E-state index contributed by atoms with van der Waals surface area (Å²) in [6.07, 6.45) is 0.810. The van der Waals surface area contributed by atoms with Gasteiger partial charge in [0.05, 0.1) is 38.0 Å². The molecule has 0 aliphatic heterocycles. The smallest absolute Gasteiger partial charge is 0.269 e. The average Bonchev–Trinajstić information content (AvgIpc) is 3.38. The van der Waals surface area contributed by atoms with Crippen LogP contribution < -0.4 is 24.8 Å². The number of benzene rings is 2. The number of hydrogen-bond acceptors (Lipinski definition) is 8. The molecule has 0 amide bonds. The number of nitrogens with zero attached hydrogens (tertiary/aromatic N) is 2. The maximum Gasteiger partial charge on any atom is 0.269 e. The molecule has 3 rings (SSSR count). The van der Waals surface area contributed by atoms with Gasteiger partial charge in [-0.25, -0.2) is 30.9 Å². The van der Waals surface area contributed by atoms with Gasteiger partial charge in [0.2, 0.25) is 0 Å². The van der Waals surface area contributed by atoms with Crippen LogP contribution in [0.5, 0.6) is 11.5 Å². The number of ether oxygens (including phenoxy) is 2. The van der Waals surface area contributed by atoms with Crippen molar-refractivity contribution in [3.63, 3.8) is 0 Å². The predicted octanol–water partition coefficient (Wildman–Crippen LogP) is 4.74. The Morgan fingerprint density at radius 2 is 1.97 bits per heavy atom. The average molecular weight is 565 g/mol. The largest absolute Gasteiger partial charge is 0.497 e. The Kier molecular flexibility index (Phi) is 8.93. The summed E-state index contributed by atoms with van der Waals surface area (Å²) in [6.45, 7) is -1.31. The number of aromatic nitrogens is 1. The molecular weight excluding hydrogens is 541 g/mol. The molecule has 1 heterocycles. The second-order valence-electron chi connectivity index (χ2n) is 7.50. The molecule has 0 saturated carbocycles. The molecule has 0 unspecified atom stereocenters. The number of sulfonamides is 1. The van der Waals surface area contributed by atoms with Gasteiger partial charge in [-0.15, -0.1) is 11.3 Å². The number of halogens is 4. The second-order valence-corrected chi connectivity index (χ2v) is 10.6. The van der Waals surface area contributed by atoms with E-state index in [1.807, 2.05) is 0 Å². The van der Waals surface area contributed by atoms with Crippen molar-refractivity contribution in [3.05, 3.63) is 58.3 Å². The Hall–Kier alpha value is -2.74. The van der Waals surface area contributed by atoms with E-state index in [2.05, 4.69) is 10.3 Å². The van der Waals surface area contributed by atoms with Crippen LogP contribution in [0.1, 0.15) is 12.0 Å². The minimum atomic E-state index is -4.51. The van der Waals surface area contributed by atoms with Gasteiger partial charge in [-0.3, -0.25) is 0 Å². The lowest BCUT2D eigenvalue weighted by Crippen LogP contribution is -2.31. The van der Waals surface area contributed by atoms with Gasteiger partial charge in [-0.1, -0.05) is 11.6 Å². The quantitative estimate of drug-likeness (QED) is 0.327. The molecule has 0 atom stereocenters. The summed E-state index contributed by atoms with van der Waals surface area (Å²) in [6, 6.07) is 6.64. The maximum atomic E-state index is 15.1. The van der Waals surface area contributed by atoms with Gasteiger partial charge >= 0.3 is 0 Å². The number of alkyl halides is 2. The maximum absolute atomic E-state index is 15.1. The van der Waals surface area contributed by atoms with E-state index >= 15 is 4.39 Å². The zero-order valence-corrected chi connectivity index (χ0v) is 21.7. The van der Waals surface area contributed by atoms with Crippen LogP contribution in [0.3, 0.4) is 0 Å². The molecule has 3 N–H and O–H groups in total. The molecule has 2 aromatic carbocycles. The van der Waals surface area contributed by atoms with E-state index in [1.54, 1.807) is 23.6 Å². The predicted molar refractivity (Wildman–Crippen MR) is 134 cm³/mol. The Morgan fingerprint density at radius 3 is 2.58 bits per heavy atom. The summed E-state index contributed by atoms with van der Waals surface area (Å²) in [5.74, 6) is -3.35. The zero-order valence-electron chi connectivity index (χ0n) is 19.3. The van der Waals surface area contributed by atoms with Gasteiger partial charge < -0.3 is 20.5 Å². The number of methoxy groups -OCH3 is 2. The molecule has 0 fully saturated rings. The van der Waals surface area contributed by atoms with E-state index in [0.29, 0.717) is 17.1 Å². The fourth-order valence-corrected chi connectivity index (χ4v) is 5.83. The molecule has 8 nitrogen and oxygen atoms in total. The molecule has 0 aliphatic rings. The summed E-state index contributed by atoms with van der Waals surface area (Å²) in [5.41, 5.74) is 5.46. The van der Waals surface area contributed by atoms with Crippen LogP contribution in [0.4, 0.5) is 24.0 Å².